The SMILES string of the molecule is CCCCN(CC)C(C)(CN)C(C)OC. The Morgan fingerprint density at radius 2 is 2.00 bits per heavy atom. The Kier molecular flexibility index (Phi) is 7.14. The van der Waals surface area contributed by atoms with Crippen molar-refractivity contribution in [1.82, 2.24) is 4.90 Å². The van der Waals surface area contributed by atoms with Crippen LogP contribution < -0.4 is 5.73 Å². The number of ether oxygens (including phenoxy) is 1. The van der Waals surface area contributed by atoms with Gasteiger partial charge in [-0.3, -0.25) is 4.90 Å². The second kappa shape index (κ2) is 7.20. The van der Waals surface area contributed by atoms with Crippen molar-refractivity contribution in [3.63, 3.8) is 0 Å². The van der Waals surface area contributed by atoms with Gasteiger partial charge in [-0.05, 0) is 33.4 Å². The second-order valence-electron chi connectivity index (χ2n) is 4.37. The summed E-state index contributed by atoms with van der Waals surface area (Å²) < 4.78 is 5.45. The Balaban J connectivity index is 4.55. The van der Waals surface area contributed by atoms with Gasteiger partial charge < -0.3 is 10.5 Å². The van der Waals surface area contributed by atoms with Crippen LogP contribution in [0.5, 0.6) is 0 Å². The molecule has 0 aromatic rings. The van der Waals surface area contributed by atoms with Gasteiger partial charge in [0.05, 0.1) is 11.6 Å². The molecule has 0 saturated carbocycles. The Hall–Kier alpha value is -0.120. The highest BCUT2D eigenvalue weighted by molar-refractivity contribution is 4.92. The molecule has 0 aliphatic carbocycles. The van der Waals surface area contributed by atoms with Crippen LogP contribution >= 0.6 is 0 Å². The van der Waals surface area contributed by atoms with E-state index >= 15 is 0 Å². The number of hydrogen-bond donors (Lipinski definition) is 1. The van der Waals surface area contributed by atoms with Crippen LogP contribution in [0, 0.1) is 0 Å². The molecule has 0 aliphatic rings. The monoisotopic (exact) mass is 216 g/mol. The lowest BCUT2D eigenvalue weighted by Crippen LogP contribution is -2.59. The van der Waals surface area contributed by atoms with Crippen molar-refractivity contribution in [3.05, 3.63) is 0 Å². The molecule has 0 rings (SSSR count). The van der Waals surface area contributed by atoms with Crippen molar-refractivity contribution < 1.29 is 4.74 Å². The van der Waals surface area contributed by atoms with Crippen LogP contribution in [0.15, 0.2) is 0 Å². The van der Waals surface area contributed by atoms with Gasteiger partial charge in [-0.1, -0.05) is 20.3 Å². The van der Waals surface area contributed by atoms with E-state index in [0.717, 1.165) is 13.1 Å². The van der Waals surface area contributed by atoms with Crippen LogP contribution in [0.2, 0.25) is 0 Å². The molecule has 2 N–H and O–H groups in total. The number of rotatable bonds is 8. The topological polar surface area (TPSA) is 38.5 Å². The van der Waals surface area contributed by atoms with E-state index in [0.29, 0.717) is 6.54 Å². The van der Waals surface area contributed by atoms with Gasteiger partial charge >= 0.3 is 0 Å². The fourth-order valence-electron chi connectivity index (χ4n) is 1.93. The van der Waals surface area contributed by atoms with Crippen molar-refractivity contribution in [2.45, 2.75) is 52.2 Å². The first-order valence-electron chi connectivity index (χ1n) is 6.04. The first kappa shape index (κ1) is 14.9. The maximum absolute atomic E-state index is 5.91. The Labute approximate surface area is 95.0 Å². The summed E-state index contributed by atoms with van der Waals surface area (Å²) in [6, 6.07) is 0. The van der Waals surface area contributed by atoms with Gasteiger partial charge in [0, 0.05) is 13.7 Å². The van der Waals surface area contributed by atoms with Gasteiger partial charge in [0.1, 0.15) is 0 Å². The standard InChI is InChI=1S/C12H28N2O/c1-6-8-9-14(7-2)12(4,10-13)11(3)15-5/h11H,6-10,13H2,1-5H3. The minimum atomic E-state index is -0.0430. The summed E-state index contributed by atoms with van der Waals surface area (Å²) in [7, 11) is 1.76. The third kappa shape index (κ3) is 3.74. The summed E-state index contributed by atoms with van der Waals surface area (Å²) in [5, 5.41) is 0. The molecule has 3 heteroatoms. The molecular formula is C12H28N2O. The predicted molar refractivity (Wildman–Crippen MR) is 66.1 cm³/mol. The molecule has 0 saturated heterocycles. The Bertz CT molecular complexity index is 164. The van der Waals surface area contributed by atoms with Crippen LogP contribution in [0.3, 0.4) is 0 Å². The smallest absolute Gasteiger partial charge is 0.0736 e. The summed E-state index contributed by atoms with van der Waals surface area (Å²) in [5.41, 5.74) is 5.87. The average Bonchev–Trinajstić information content (AvgIpc) is 2.28. The zero-order chi connectivity index (χ0) is 11.9. The molecule has 2 unspecified atom stereocenters. The molecule has 0 aromatic carbocycles. The average molecular weight is 216 g/mol. The molecule has 2 atom stereocenters. The summed E-state index contributed by atoms with van der Waals surface area (Å²) in [4.78, 5) is 2.44. The van der Waals surface area contributed by atoms with Gasteiger partial charge in [-0.15, -0.1) is 0 Å². The maximum atomic E-state index is 5.91. The van der Waals surface area contributed by atoms with Gasteiger partial charge in [0.25, 0.3) is 0 Å². The van der Waals surface area contributed by atoms with Gasteiger partial charge in [0.2, 0.25) is 0 Å². The van der Waals surface area contributed by atoms with E-state index in [-0.39, 0.29) is 11.6 Å². The molecule has 0 aromatic heterocycles. The van der Waals surface area contributed by atoms with Crippen LogP contribution in [-0.2, 0) is 4.74 Å². The van der Waals surface area contributed by atoms with E-state index < -0.39 is 0 Å². The molecule has 0 spiro atoms. The Morgan fingerprint density at radius 1 is 1.40 bits per heavy atom. The molecular weight excluding hydrogens is 188 g/mol. The van der Waals surface area contributed by atoms with E-state index in [1.807, 2.05) is 0 Å². The molecule has 0 fully saturated rings. The highest BCUT2D eigenvalue weighted by Crippen LogP contribution is 2.21. The Morgan fingerprint density at radius 3 is 2.33 bits per heavy atom. The summed E-state index contributed by atoms with van der Waals surface area (Å²) in [6.07, 6.45) is 2.61. The summed E-state index contributed by atoms with van der Waals surface area (Å²) in [6.45, 7) is 11.5. The third-order valence-corrected chi connectivity index (χ3v) is 3.53. The number of methoxy groups -OCH3 is 1. The van der Waals surface area contributed by atoms with Crippen LogP contribution in [0.1, 0.15) is 40.5 Å². The lowest BCUT2D eigenvalue weighted by molar-refractivity contribution is -0.0295. The minimum Gasteiger partial charge on any atom is -0.380 e. The van der Waals surface area contributed by atoms with Gasteiger partial charge in [-0.2, -0.15) is 0 Å². The van der Waals surface area contributed by atoms with Crippen molar-refractivity contribution >= 4 is 0 Å². The maximum Gasteiger partial charge on any atom is 0.0736 e. The van der Waals surface area contributed by atoms with E-state index in [4.69, 9.17) is 10.5 Å². The first-order chi connectivity index (χ1) is 7.06. The molecule has 0 radical (unpaired) electrons. The summed E-state index contributed by atoms with van der Waals surface area (Å²) in [5.74, 6) is 0. The molecule has 3 nitrogen and oxygen atoms in total. The molecule has 15 heavy (non-hydrogen) atoms. The number of unbranched alkanes of at least 4 members (excludes halogenated alkanes) is 1. The lowest BCUT2D eigenvalue weighted by atomic mass is 9.93. The van der Waals surface area contributed by atoms with Gasteiger partial charge in [-0.25, -0.2) is 0 Å². The number of nitrogens with zero attached hydrogens (tertiary/aromatic N) is 1. The van der Waals surface area contributed by atoms with E-state index in [2.05, 4.69) is 32.6 Å². The first-order valence-corrected chi connectivity index (χ1v) is 6.04. The van der Waals surface area contributed by atoms with Crippen LogP contribution in [-0.4, -0.2) is 43.3 Å². The molecule has 0 aliphatic heterocycles. The number of nitrogens with two attached hydrogens (primary N) is 1. The quantitative estimate of drug-likeness (QED) is 0.673. The lowest BCUT2D eigenvalue weighted by Gasteiger charge is -2.43. The van der Waals surface area contributed by atoms with Crippen molar-refractivity contribution in [2.75, 3.05) is 26.7 Å². The minimum absolute atomic E-state index is 0.0430. The van der Waals surface area contributed by atoms with Gasteiger partial charge in [0.15, 0.2) is 0 Å². The van der Waals surface area contributed by atoms with E-state index in [1.165, 1.54) is 12.8 Å². The molecule has 0 heterocycles. The van der Waals surface area contributed by atoms with Crippen molar-refractivity contribution in [1.29, 1.82) is 0 Å². The third-order valence-electron chi connectivity index (χ3n) is 3.53. The second-order valence-corrected chi connectivity index (χ2v) is 4.37. The fourth-order valence-corrected chi connectivity index (χ4v) is 1.93. The van der Waals surface area contributed by atoms with Crippen molar-refractivity contribution in [3.8, 4) is 0 Å². The number of likely N-dealkylation sites (N-methyl/N-ethyl adjacent to an activating group) is 1. The van der Waals surface area contributed by atoms with Crippen LogP contribution in [0.4, 0.5) is 0 Å². The largest absolute Gasteiger partial charge is 0.380 e. The summed E-state index contributed by atoms with van der Waals surface area (Å²) >= 11 is 0. The molecule has 0 bridgehead atoms. The zero-order valence-corrected chi connectivity index (χ0v) is 11.0. The zero-order valence-electron chi connectivity index (χ0n) is 11.0. The normalized spacial score (nSPS) is 17.8. The van der Waals surface area contributed by atoms with Crippen LogP contribution in [0.25, 0.3) is 0 Å². The predicted octanol–water partition coefficient (Wildman–Crippen LogP) is 1.86. The molecule has 0 amide bonds. The van der Waals surface area contributed by atoms with Crippen molar-refractivity contribution in [2.24, 2.45) is 5.73 Å². The molecule has 92 valence electrons. The highest BCUT2D eigenvalue weighted by atomic mass is 16.5. The number of hydrogen-bond acceptors (Lipinski definition) is 3. The van der Waals surface area contributed by atoms with E-state index in [1.54, 1.807) is 7.11 Å². The fraction of sp³-hybridized carbons (Fsp3) is 1.00. The highest BCUT2D eigenvalue weighted by Gasteiger charge is 2.35. The van der Waals surface area contributed by atoms with E-state index in [9.17, 15) is 0 Å².